The molecule has 0 radical (unpaired) electrons. The topological polar surface area (TPSA) is 92.9 Å². The Hall–Kier alpha value is -3.37. The molecular weight excluding hydrogens is 379 g/mol. The molecule has 28 heavy (non-hydrogen) atoms. The zero-order chi connectivity index (χ0) is 20.7. The molecule has 2 rings (SSSR count). The van der Waals surface area contributed by atoms with Crippen molar-refractivity contribution >= 4 is 17.5 Å². The molecule has 0 aliphatic heterocycles. The molecule has 0 spiro atoms. The highest BCUT2D eigenvalue weighted by molar-refractivity contribution is 5.95. The first-order chi connectivity index (χ1) is 13.3. The first-order valence-electron chi connectivity index (χ1n) is 8.30. The Morgan fingerprint density at radius 3 is 2.64 bits per heavy atom. The maximum absolute atomic E-state index is 12.8. The molecule has 1 heterocycles. The molecular formula is C17H18F3N5O3. The van der Waals surface area contributed by atoms with Crippen LogP contribution < -0.4 is 5.32 Å². The van der Waals surface area contributed by atoms with Gasteiger partial charge in [-0.15, -0.1) is 5.01 Å². The zero-order valence-electron chi connectivity index (χ0n) is 15.1. The van der Waals surface area contributed by atoms with Crippen molar-refractivity contribution in [1.82, 2.24) is 9.99 Å². The van der Waals surface area contributed by atoms with Gasteiger partial charge in [0.05, 0.1) is 23.6 Å². The summed E-state index contributed by atoms with van der Waals surface area (Å²) in [5.74, 6) is -1.03. The van der Waals surface area contributed by atoms with E-state index in [-0.39, 0.29) is 22.0 Å². The van der Waals surface area contributed by atoms with Gasteiger partial charge in [0.1, 0.15) is 11.4 Å². The van der Waals surface area contributed by atoms with Crippen LogP contribution in [0, 0.1) is 5.21 Å². The van der Waals surface area contributed by atoms with Gasteiger partial charge in [-0.2, -0.15) is 13.2 Å². The monoisotopic (exact) mass is 397 g/mol. The fourth-order valence-corrected chi connectivity index (χ4v) is 2.22. The number of hydrogen-bond donors (Lipinski definition) is 1. The van der Waals surface area contributed by atoms with Crippen LogP contribution >= 0.6 is 0 Å². The molecule has 0 bridgehead atoms. The number of pyridine rings is 1. The van der Waals surface area contributed by atoms with E-state index in [0.717, 1.165) is 12.1 Å². The average molecular weight is 397 g/mol. The molecule has 0 aliphatic carbocycles. The number of nitrogens with zero attached hydrogens (tertiary/aromatic N) is 4. The third kappa shape index (κ3) is 5.32. The summed E-state index contributed by atoms with van der Waals surface area (Å²) in [6.07, 6.45) is -3.16. The summed E-state index contributed by atoms with van der Waals surface area (Å²) in [7, 11) is 0. The lowest BCUT2D eigenvalue weighted by atomic mass is 10.2. The molecule has 0 amide bonds. The molecule has 0 aliphatic rings. The lowest BCUT2D eigenvalue weighted by Gasteiger charge is -2.13. The number of halogens is 3. The Bertz CT molecular complexity index is 854. The molecule has 0 fully saturated rings. The number of hydrogen-bond acceptors (Lipinski definition) is 6. The normalized spacial score (nSPS) is 11.8. The van der Waals surface area contributed by atoms with Gasteiger partial charge in [0.25, 0.3) is 0 Å². The highest BCUT2D eigenvalue weighted by Gasteiger charge is 2.30. The van der Waals surface area contributed by atoms with Gasteiger partial charge in [0, 0.05) is 11.9 Å². The molecule has 150 valence electrons. The van der Waals surface area contributed by atoms with Crippen LogP contribution in [0.2, 0.25) is 0 Å². The van der Waals surface area contributed by atoms with E-state index in [1.165, 1.54) is 35.5 Å². The Morgan fingerprint density at radius 1 is 1.29 bits per heavy atom. The average Bonchev–Trinajstić information content (AvgIpc) is 2.67. The largest absolute Gasteiger partial charge is 0.569 e. The van der Waals surface area contributed by atoms with Crippen molar-refractivity contribution in [2.75, 3.05) is 18.4 Å². The number of rotatable bonds is 7. The van der Waals surface area contributed by atoms with Gasteiger partial charge in [0.2, 0.25) is 5.28 Å². The van der Waals surface area contributed by atoms with E-state index in [1.54, 1.807) is 13.8 Å². The van der Waals surface area contributed by atoms with Gasteiger partial charge in [-0.3, -0.25) is 4.84 Å². The minimum absolute atomic E-state index is 0.0395. The second kappa shape index (κ2) is 9.02. The first-order valence-corrected chi connectivity index (χ1v) is 8.30. The smallest absolute Gasteiger partial charge is 0.416 e. The van der Waals surface area contributed by atoms with E-state index < -0.39 is 17.7 Å². The molecule has 8 nitrogen and oxygen atoms in total. The van der Waals surface area contributed by atoms with Crippen LogP contribution in [-0.4, -0.2) is 34.0 Å². The Kier molecular flexibility index (Phi) is 6.74. The van der Waals surface area contributed by atoms with E-state index in [4.69, 9.17) is 0 Å². The highest BCUT2D eigenvalue weighted by Crippen LogP contribution is 2.31. The van der Waals surface area contributed by atoms with E-state index in [0.29, 0.717) is 13.1 Å². The Labute approximate surface area is 158 Å². The highest BCUT2D eigenvalue weighted by atomic mass is 19.4. The maximum Gasteiger partial charge on any atom is 0.416 e. The van der Waals surface area contributed by atoms with Gasteiger partial charge in [-0.25, -0.2) is 9.78 Å². The lowest BCUT2D eigenvalue weighted by molar-refractivity contribution is -0.707. The number of benzene rings is 1. The standard InChI is InChI=1S/C17H18F3N5O3/c1-3-24(4-2)25(27)23-28-16(26)14-9-6-10-21-15(14)22-13-8-5-7-12(11-13)17(18,19)20/h5-11H,3-4H2,1-2H3,(H,21,22). The Morgan fingerprint density at radius 2 is 2.00 bits per heavy atom. The molecule has 0 saturated heterocycles. The van der Waals surface area contributed by atoms with Crippen LogP contribution in [0.1, 0.15) is 29.8 Å². The third-order valence-electron chi connectivity index (χ3n) is 3.65. The van der Waals surface area contributed by atoms with Gasteiger partial charge in [-0.1, -0.05) is 6.07 Å². The van der Waals surface area contributed by atoms with Crippen molar-refractivity contribution in [2.24, 2.45) is 5.28 Å². The SMILES string of the molecule is CCN(CC)[N+]([O-])=NOC(=O)c1cccnc1Nc1cccc(C(F)(F)F)c1. The number of hydrazine groups is 1. The summed E-state index contributed by atoms with van der Waals surface area (Å²) >= 11 is 0. The van der Waals surface area contributed by atoms with Crippen molar-refractivity contribution in [3.63, 3.8) is 0 Å². The fraction of sp³-hybridized carbons (Fsp3) is 0.294. The van der Waals surface area contributed by atoms with Crippen molar-refractivity contribution in [3.05, 3.63) is 58.9 Å². The molecule has 0 atom stereocenters. The molecule has 1 aromatic heterocycles. The van der Waals surface area contributed by atoms with Crippen LogP contribution in [0.25, 0.3) is 0 Å². The second-order valence-corrected chi connectivity index (χ2v) is 5.46. The van der Waals surface area contributed by atoms with Gasteiger partial charge in [0.15, 0.2) is 0 Å². The Balaban J connectivity index is 2.21. The summed E-state index contributed by atoms with van der Waals surface area (Å²) < 4.78 is 38.5. The summed E-state index contributed by atoms with van der Waals surface area (Å²) in [5, 5.41) is 18.8. The summed E-state index contributed by atoms with van der Waals surface area (Å²) in [5.41, 5.74) is -0.876. The molecule has 0 saturated carbocycles. The van der Waals surface area contributed by atoms with Crippen LogP contribution in [0.5, 0.6) is 0 Å². The van der Waals surface area contributed by atoms with Gasteiger partial charge < -0.3 is 10.5 Å². The predicted octanol–water partition coefficient (Wildman–Crippen LogP) is 4.14. The predicted molar refractivity (Wildman–Crippen MR) is 93.4 cm³/mol. The number of carbonyl (C=O) groups excluding carboxylic acids is 1. The minimum atomic E-state index is -4.51. The number of anilines is 2. The fourth-order valence-electron chi connectivity index (χ4n) is 2.22. The van der Waals surface area contributed by atoms with Crippen molar-refractivity contribution in [2.45, 2.75) is 20.0 Å². The molecule has 11 heteroatoms. The first kappa shape index (κ1) is 20.9. The minimum Gasteiger partial charge on any atom is -0.569 e. The van der Waals surface area contributed by atoms with Crippen LogP contribution in [0.15, 0.2) is 47.9 Å². The zero-order valence-corrected chi connectivity index (χ0v) is 15.1. The third-order valence-corrected chi connectivity index (χ3v) is 3.65. The molecule has 1 N–H and O–H groups in total. The molecule has 0 unspecified atom stereocenters. The molecule has 1 aromatic carbocycles. The van der Waals surface area contributed by atoms with Crippen LogP contribution in [-0.2, 0) is 11.0 Å². The van der Waals surface area contributed by atoms with E-state index in [9.17, 15) is 23.2 Å². The number of nitrogens with one attached hydrogen (secondary N) is 1. The van der Waals surface area contributed by atoms with Crippen LogP contribution in [0.4, 0.5) is 24.7 Å². The van der Waals surface area contributed by atoms with Crippen molar-refractivity contribution in [3.8, 4) is 0 Å². The van der Waals surface area contributed by atoms with Crippen molar-refractivity contribution < 1.29 is 27.8 Å². The molecule has 2 aromatic rings. The summed E-state index contributed by atoms with van der Waals surface area (Å²) in [4.78, 5) is 20.9. The van der Waals surface area contributed by atoms with E-state index in [1.807, 2.05) is 0 Å². The van der Waals surface area contributed by atoms with E-state index >= 15 is 0 Å². The summed E-state index contributed by atoms with van der Waals surface area (Å²) in [6, 6.07) is 7.20. The maximum atomic E-state index is 12.8. The van der Waals surface area contributed by atoms with Gasteiger partial charge in [-0.05, 0) is 44.2 Å². The summed E-state index contributed by atoms with van der Waals surface area (Å²) in [6.45, 7) is 4.17. The quantitative estimate of drug-likeness (QED) is 0.429. The second-order valence-electron chi connectivity index (χ2n) is 5.46. The number of aromatic nitrogens is 1. The van der Waals surface area contributed by atoms with Crippen molar-refractivity contribution in [1.29, 1.82) is 0 Å². The van der Waals surface area contributed by atoms with E-state index in [2.05, 4.69) is 20.4 Å². The van der Waals surface area contributed by atoms with Crippen LogP contribution in [0.3, 0.4) is 0 Å². The lowest BCUT2D eigenvalue weighted by Crippen LogP contribution is -2.30. The number of alkyl halides is 3. The number of carbonyl (C=O) groups is 1. The van der Waals surface area contributed by atoms with Gasteiger partial charge >= 0.3 is 12.1 Å².